The summed E-state index contributed by atoms with van der Waals surface area (Å²) in [5.41, 5.74) is 1.33. The predicted molar refractivity (Wildman–Crippen MR) is 86.0 cm³/mol. The summed E-state index contributed by atoms with van der Waals surface area (Å²) in [4.78, 5) is 14.3. The molecule has 0 fully saturated rings. The molecule has 0 bridgehead atoms. The highest BCUT2D eigenvalue weighted by molar-refractivity contribution is 5.90. The molecule has 0 aliphatic heterocycles. The second-order valence-corrected chi connectivity index (χ2v) is 5.97. The third-order valence-electron chi connectivity index (χ3n) is 3.25. The summed E-state index contributed by atoms with van der Waals surface area (Å²) in [6, 6.07) is 9.41. The van der Waals surface area contributed by atoms with Crippen LogP contribution in [0.4, 0.5) is 5.69 Å². The zero-order valence-electron chi connectivity index (χ0n) is 13.4. The number of hydrogen-bond donors (Lipinski definition) is 1. The van der Waals surface area contributed by atoms with Crippen LogP contribution >= 0.6 is 0 Å². The van der Waals surface area contributed by atoms with E-state index in [1.807, 2.05) is 0 Å². The second kappa shape index (κ2) is 8.43. The van der Waals surface area contributed by atoms with E-state index in [1.165, 1.54) is 0 Å². The van der Waals surface area contributed by atoms with Gasteiger partial charge in [-0.05, 0) is 44.0 Å². The summed E-state index contributed by atoms with van der Waals surface area (Å²) in [7, 11) is 0. The van der Waals surface area contributed by atoms with Crippen LogP contribution in [0.5, 0.6) is 0 Å². The topological polar surface area (TPSA) is 56.1 Å². The maximum atomic E-state index is 12.0. The van der Waals surface area contributed by atoms with Gasteiger partial charge in [0.1, 0.15) is 0 Å². The van der Waals surface area contributed by atoms with E-state index in [2.05, 4.69) is 44.0 Å². The Balaban J connectivity index is 2.47. The minimum atomic E-state index is 0.00844. The molecular formula is C17H25N3O. The Hall–Kier alpha value is -1.86. The molecule has 1 rings (SSSR count). The number of nitriles is 1. The van der Waals surface area contributed by atoms with Gasteiger partial charge in [-0.15, -0.1) is 0 Å². The maximum Gasteiger partial charge on any atom is 0.225 e. The van der Waals surface area contributed by atoms with Crippen molar-refractivity contribution in [2.75, 3.05) is 18.4 Å². The molecular weight excluding hydrogens is 262 g/mol. The Bertz CT molecular complexity index is 486. The molecule has 1 aromatic rings. The van der Waals surface area contributed by atoms with Gasteiger partial charge in [-0.2, -0.15) is 5.26 Å². The Morgan fingerprint density at radius 1 is 1.24 bits per heavy atom. The summed E-state index contributed by atoms with van der Waals surface area (Å²) >= 11 is 0. The largest absolute Gasteiger partial charge is 0.326 e. The van der Waals surface area contributed by atoms with Gasteiger partial charge >= 0.3 is 0 Å². The molecule has 1 aromatic carbocycles. The molecule has 21 heavy (non-hydrogen) atoms. The molecule has 0 aliphatic rings. The van der Waals surface area contributed by atoms with Crippen LogP contribution in [0.3, 0.4) is 0 Å². The van der Waals surface area contributed by atoms with Crippen LogP contribution in [0.15, 0.2) is 24.3 Å². The van der Waals surface area contributed by atoms with Crippen molar-refractivity contribution in [3.05, 3.63) is 29.8 Å². The lowest BCUT2D eigenvalue weighted by molar-refractivity contribution is -0.116. The van der Waals surface area contributed by atoms with Gasteiger partial charge in [0.15, 0.2) is 0 Å². The number of anilines is 1. The fourth-order valence-corrected chi connectivity index (χ4v) is 2.13. The zero-order valence-corrected chi connectivity index (χ0v) is 13.4. The van der Waals surface area contributed by atoms with Crippen molar-refractivity contribution >= 4 is 11.6 Å². The van der Waals surface area contributed by atoms with E-state index >= 15 is 0 Å². The fourth-order valence-electron chi connectivity index (χ4n) is 2.13. The SMILES string of the molecule is CC(C)CN(CCC(=O)Nc1ccc(C#N)cc1)C(C)C. The lowest BCUT2D eigenvalue weighted by Crippen LogP contribution is -2.36. The fraction of sp³-hybridized carbons (Fsp3) is 0.529. The number of nitrogens with zero attached hydrogens (tertiary/aromatic N) is 2. The summed E-state index contributed by atoms with van der Waals surface area (Å²) in [5.74, 6) is 0.600. The van der Waals surface area contributed by atoms with E-state index in [9.17, 15) is 4.79 Å². The summed E-state index contributed by atoms with van der Waals surface area (Å²) in [5, 5.41) is 11.6. The first-order chi connectivity index (χ1) is 9.92. The average molecular weight is 287 g/mol. The van der Waals surface area contributed by atoms with E-state index in [1.54, 1.807) is 24.3 Å². The molecule has 1 amide bonds. The molecule has 0 saturated carbocycles. The standard InChI is InChI=1S/C17H25N3O/c1-13(2)12-20(14(3)4)10-9-17(21)19-16-7-5-15(11-18)6-8-16/h5-8,13-14H,9-10,12H2,1-4H3,(H,19,21). The molecule has 114 valence electrons. The Kier molecular flexibility index (Phi) is 6.90. The van der Waals surface area contributed by atoms with Crippen LogP contribution in [0.2, 0.25) is 0 Å². The predicted octanol–water partition coefficient (Wildman–Crippen LogP) is 3.25. The van der Waals surface area contributed by atoms with Gasteiger partial charge in [0.2, 0.25) is 5.91 Å². The van der Waals surface area contributed by atoms with Gasteiger partial charge in [-0.25, -0.2) is 0 Å². The Morgan fingerprint density at radius 3 is 2.33 bits per heavy atom. The monoisotopic (exact) mass is 287 g/mol. The summed E-state index contributed by atoms with van der Waals surface area (Å²) < 4.78 is 0. The highest BCUT2D eigenvalue weighted by Crippen LogP contribution is 2.10. The van der Waals surface area contributed by atoms with Crippen molar-refractivity contribution in [2.45, 2.75) is 40.2 Å². The number of rotatable bonds is 7. The summed E-state index contributed by atoms with van der Waals surface area (Å²) in [6.07, 6.45) is 0.477. The van der Waals surface area contributed by atoms with Crippen molar-refractivity contribution in [1.82, 2.24) is 4.90 Å². The van der Waals surface area contributed by atoms with Crippen LogP contribution in [0, 0.1) is 17.2 Å². The van der Waals surface area contributed by atoms with Gasteiger partial charge in [0.25, 0.3) is 0 Å². The minimum Gasteiger partial charge on any atom is -0.326 e. The number of hydrogen-bond acceptors (Lipinski definition) is 3. The average Bonchev–Trinajstić information content (AvgIpc) is 2.43. The van der Waals surface area contributed by atoms with Crippen molar-refractivity contribution in [3.63, 3.8) is 0 Å². The van der Waals surface area contributed by atoms with E-state index in [0.29, 0.717) is 23.9 Å². The zero-order chi connectivity index (χ0) is 15.8. The van der Waals surface area contributed by atoms with Crippen molar-refractivity contribution in [1.29, 1.82) is 5.26 Å². The maximum absolute atomic E-state index is 12.0. The first kappa shape index (κ1) is 17.2. The molecule has 0 saturated heterocycles. The van der Waals surface area contributed by atoms with E-state index in [0.717, 1.165) is 18.8 Å². The van der Waals surface area contributed by atoms with Crippen LogP contribution in [-0.2, 0) is 4.79 Å². The van der Waals surface area contributed by atoms with E-state index in [-0.39, 0.29) is 5.91 Å². The molecule has 0 spiro atoms. The van der Waals surface area contributed by atoms with Gasteiger partial charge < -0.3 is 10.2 Å². The van der Waals surface area contributed by atoms with Crippen LogP contribution in [0.25, 0.3) is 0 Å². The second-order valence-electron chi connectivity index (χ2n) is 5.97. The first-order valence-electron chi connectivity index (χ1n) is 7.46. The first-order valence-corrected chi connectivity index (χ1v) is 7.46. The molecule has 1 N–H and O–H groups in total. The highest BCUT2D eigenvalue weighted by Gasteiger charge is 2.13. The number of carbonyl (C=O) groups is 1. The van der Waals surface area contributed by atoms with Crippen molar-refractivity contribution < 1.29 is 4.79 Å². The molecule has 0 aliphatic carbocycles. The summed E-state index contributed by atoms with van der Waals surface area (Å²) in [6.45, 7) is 10.4. The molecule has 0 atom stereocenters. The number of carbonyl (C=O) groups excluding carboxylic acids is 1. The molecule has 4 nitrogen and oxygen atoms in total. The van der Waals surface area contributed by atoms with Crippen molar-refractivity contribution in [2.24, 2.45) is 5.92 Å². The number of amides is 1. The third kappa shape index (κ3) is 6.42. The molecule has 0 radical (unpaired) electrons. The highest BCUT2D eigenvalue weighted by atomic mass is 16.1. The minimum absolute atomic E-state index is 0.00844. The van der Waals surface area contributed by atoms with Gasteiger partial charge in [-0.1, -0.05) is 13.8 Å². The lowest BCUT2D eigenvalue weighted by atomic mass is 10.1. The third-order valence-corrected chi connectivity index (χ3v) is 3.25. The van der Waals surface area contributed by atoms with Gasteiger partial charge in [0, 0.05) is 31.2 Å². The molecule has 4 heteroatoms. The van der Waals surface area contributed by atoms with Crippen molar-refractivity contribution in [3.8, 4) is 6.07 Å². The van der Waals surface area contributed by atoms with E-state index < -0.39 is 0 Å². The van der Waals surface area contributed by atoms with Crippen LogP contribution < -0.4 is 5.32 Å². The quantitative estimate of drug-likeness (QED) is 0.837. The number of benzene rings is 1. The van der Waals surface area contributed by atoms with Gasteiger partial charge in [0.05, 0.1) is 11.6 Å². The Labute approximate surface area is 127 Å². The Morgan fingerprint density at radius 2 is 1.86 bits per heavy atom. The molecule has 0 heterocycles. The smallest absolute Gasteiger partial charge is 0.225 e. The molecule has 0 aromatic heterocycles. The van der Waals surface area contributed by atoms with Gasteiger partial charge in [-0.3, -0.25) is 4.79 Å². The van der Waals surface area contributed by atoms with E-state index in [4.69, 9.17) is 5.26 Å². The normalized spacial score (nSPS) is 11.0. The molecule has 0 unspecified atom stereocenters. The number of nitrogens with one attached hydrogen (secondary N) is 1. The van der Waals surface area contributed by atoms with Crippen LogP contribution in [0.1, 0.15) is 39.7 Å². The lowest BCUT2D eigenvalue weighted by Gasteiger charge is -2.27. The van der Waals surface area contributed by atoms with Crippen LogP contribution in [-0.4, -0.2) is 29.9 Å².